The van der Waals surface area contributed by atoms with Crippen LogP contribution in [0.1, 0.15) is 92.3 Å². The Kier molecular flexibility index (Phi) is 18.5. The van der Waals surface area contributed by atoms with Gasteiger partial charge in [0.2, 0.25) is 11.8 Å². The Morgan fingerprint density at radius 3 is 1.80 bits per heavy atom. The number of hydrogen-bond acceptors (Lipinski definition) is 12. The maximum Gasteiger partial charge on any atom is 0.308 e. The number of hydrogen-bond donors (Lipinski definition) is 2. The van der Waals surface area contributed by atoms with Crippen LogP contribution in [-0.2, 0) is 65.8 Å². The number of amides is 2. The zero-order chi connectivity index (χ0) is 45.4. The van der Waals surface area contributed by atoms with Crippen molar-refractivity contribution in [3.8, 4) is 0 Å². The second-order valence-electron chi connectivity index (χ2n) is 17.0. The normalized spacial score (nSPS) is 14.0. The fraction of sp³-hybridized carbons (Fsp3) is 0.457. The third-order valence-corrected chi connectivity index (χ3v) is 10.4. The van der Waals surface area contributed by atoms with E-state index in [1.165, 1.54) is 24.4 Å². The van der Waals surface area contributed by atoms with Crippen molar-refractivity contribution in [2.24, 2.45) is 17.8 Å². The van der Waals surface area contributed by atoms with Crippen molar-refractivity contribution < 1.29 is 51.4 Å². The average Bonchev–Trinajstić information content (AvgIpc) is 3.17. The molecule has 0 bridgehead atoms. The lowest BCUT2D eigenvalue weighted by Gasteiger charge is -2.27. The van der Waals surface area contributed by atoms with Crippen LogP contribution in [0.4, 0.5) is 0 Å². The Morgan fingerprint density at radius 1 is 0.689 bits per heavy atom. The first-order valence-electron chi connectivity index (χ1n) is 20.2. The van der Waals surface area contributed by atoms with Crippen LogP contribution in [0.25, 0.3) is 0 Å². The van der Waals surface area contributed by atoms with Gasteiger partial charge in [-0.1, -0.05) is 68.4 Å². The first-order chi connectivity index (χ1) is 28.5. The van der Waals surface area contributed by atoms with Gasteiger partial charge < -0.3 is 24.8 Å². The van der Waals surface area contributed by atoms with E-state index in [4.69, 9.17) is 14.2 Å². The molecule has 0 aliphatic rings. The number of nitrogens with one attached hydrogen (secondary N) is 2. The van der Waals surface area contributed by atoms with Gasteiger partial charge in [-0.25, -0.2) is 8.42 Å². The van der Waals surface area contributed by atoms with E-state index in [0.717, 1.165) is 11.0 Å². The Labute approximate surface area is 359 Å². The Bertz CT molecular complexity index is 2080. The molecule has 4 atom stereocenters. The lowest BCUT2D eigenvalue weighted by atomic mass is 9.86. The van der Waals surface area contributed by atoms with Crippen LogP contribution in [0.5, 0.6) is 0 Å². The SMILES string of the molecule is CC(C)[C@H](CC(=O)[C@H](Cc1ccccn1)NC(=O)[C@@H](CC(=O)OCc1ccccc1)CC(=O)OC(C)(C)C)C(=O)N[C@H](/C=C/S(=O)(=O)c1ccccc1)CC(=O)OC(C)(C)C. The topological polar surface area (TPSA) is 201 Å². The van der Waals surface area contributed by atoms with Gasteiger partial charge in [-0.05, 0) is 83.4 Å². The molecule has 3 aromatic rings. The molecular formula is C46H59N3O11S. The number of nitrogens with zero attached hydrogens (tertiary/aromatic N) is 1. The summed E-state index contributed by atoms with van der Waals surface area (Å²) in [6.07, 6.45) is 0.854. The molecule has 0 radical (unpaired) electrons. The molecule has 3 rings (SSSR count). The summed E-state index contributed by atoms with van der Waals surface area (Å²) in [6.45, 7) is 13.4. The van der Waals surface area contributed by atoms with E-state index in [9.17, 15) is 37.2 Å². The van der Waals surface area contributed by atoms with E-state index in [0.29, 0.717) is 5.69 Å². The molecule has 0 aliphatic heterocycles. The highest BCUT2D eigenvalue weighted by atomic mass is 32.2. The number of Topliss-reactive ketones (excluding diaryl/α,β-unsaturated/α-hetero) is 1. The van der Waals surface area contributed by atoms with Gasteiger partial charge in [0.05, 0.1) is 42.2 Å². The number of carbonyl (C=O) groups excluding carboxylic acids is 6. The average molecular weight is 862 g/mol. The van der Waals surface area contributed by atoms with Gasteiger partial charge in [0, 0.05) is 36.1 Å². The van der Waals surface area contributed by atoms with Crippen LogP contribution in [-0.4, -0.2) is 72.2 Å². The lowest BCUT2D eigenvalue weighted by Crippen LogP contribution is -2.48. The Hall–Kier alpha value is -5.70. The third-order valence-electron chi connectivity index (χ3n) is 8.96. The summed E-state index contributed by atoms with van der Waals surface area (Å²) in [6, 6.07) is 19.2. The number of esters is 3. The van der Waals surface area contributed by atoms with Crippen LogP contribution in [0, 0.1) is 17.8 Å². The maximum absolute atomic E-state index is 14.3. The molecule has 0 saturated heterocycles. The molecule has 0 aliphatic carbocycles. The minimum atomic E-state index is -3.96. The third kappa shape index (κ3) is 18.6. The largest absolute Gasteiger partial charge is 0.461 e. The Balaban J connectivity index is 1.89. The molecule has 15 heteroatoms. The van der Waals surface area contributed by atoms with Gasteiger partial charge in [-0.15, -0.1) is 0 Å². The summed E-state index contributed by atoms with van der Waals surface area (Å²) >= 11 is 0. The monoisotopic (exact) mass is 861 g/mol. The molecular weight excluding hydrogens is 803 g/mol. The van der Waals surface area contributed by atoms with Crippen LogP contribution in [0.2, 0.25) is 0 Å². The minimum Gasteiger partial charge on any atom is -0.461 e. The number of rotatable bonds is 21. The van der Waals surface area contributed by atoms with Gasteiger partial charge in [0.15, 0.2) is 15.6 Å². The highest BCUT2D eigenvalue weighted by molar-refractivity contribution is 7.94. The van der Waals surface area contributed by atoms with Crippen molar-refractivity contribution in [3.05, 3.63) is 108 Å². The zero-order valence-corrected chi connectivity index (χ0v) is 37.0. The first-order valence-corrected chi connectivity index (χ1v) is 21.7. The van der Waals surface area contributed by atoms with Gasteiger partial charge in [-0.3, -0.25) is 33.8 Å². The fourth-order valence-electron chi connectivity index (χ4n) is 6.00. The maximum atomic E-state index is 14.3. The lowest BCUT2D eigenvalue weighted by molar-refractivity contribution is -0.159. The molecule has 0 unspecified atom stereocenters. The van der Waals surface area contributed by atoms with Crippen molar-refractivity contribution in [2.75, 3.05) is 0 Å². The van der Waals surface area contributed by atoms with E-state index in [1.54, 1.807) is 116 Å². The predicted molar refractivity (Wildman–Crippen MR) is 228 cm³/mol. The molecule has 1 heterocycles. The summed E-state index contributed by atoms with van der Waals surface area (Å²) in [5.41, 5.74) is -0.578. The second kappa shape index (κ2) is 22.8. The summed E-state index contributed by atoms with van der Waals surface area (Å²) in [5.74, 6) is -6.91. The molecule has 0 spiro atoms. The number of carbonyl (C=O) groups is 6. The highest BCUT2D eigenvalue weighted by Crippen LogP contribution is 2.22. The predicted octanol–water partition coefficient (Wildman–Crippen LogP) is 6.03. The van der Waals surface area contributed by atoms with E-state index >= 15 is 0 Å². The molecule has 330 valence electrons. The van der Waals surface area contributed by atoms with Crippen molar-refractivity contribution in [1.82, 2.24) is 15.6 Å². The van der Waals surface area contributed by atoms with Crippen molar-refractivity contribution in [1.29, 1.82) is 0 Å². The summed E-state index contributed by atoms with van der Waals surface area (Å²) in [4.78, 5) is 85.7. The second-order valence-corrected chi connectivity index (χ2v) is 18.9. The Morgan fingerprint density at radius 2 is 1.25 bits per heavy atom. The van der Waals surface area contributed by atoms with E-state index < -0.39 is 106 Å². The molecule has 0 fully saturated rings. The van der Waals surface area contributed by atoms with E-state index in [-0.39, 0.29) is 24.3 Å². The number of aromatic nitrogens is 1. The van der Waals surface area contributed by atoms with Crippen LogP contribution in [0.15, 0.2) is 101 Å². The quantitative estimate of drug-likeness (QED) is 0.0933. The first kappa shape index (κ1) is 49.7. The fourth-order valence-corrected chi connectivity index (χ4v) is 7.09. The molecule has 1 aromatic heterocycles. The number of pyridine rings is 1. The summed E-state index contributed by atoms with van der Waals surface area (Å²) in [5, 5.41) is 6.37. The molecule has 2 amide bonds. The van der Waals surface area contributed by atoms with Gasteiger partial charge >= 0.3 is 17.9 Å². The number of sulfone groups is 1. The molecule has 14 nitrogen and oxygen atoms in total. The number of benzene rings is 2. The molecule has 2 N–H and O–H groups in total. The van der Waals surface area contributed by atoms with Gasteiger partial charge in [-0.2, -0.15) is 0 Å². The minimum absolute atomic E-state index is 0.0117. The number of ketones is 1. The molecule has 2 aromatic carbocycles. The standard InChI is InChI=1S/C46H59N3O11S/c1-31(2)37(44(55)48-35(28-42(53)60-46(6,7)8)22-24-61(56,57)36-20-13-10-14-21-36)29-39(50)38(27-34-19-15-16-23-47-34)49-43(54)33(26-41(52)59-45(3,4)5)25-40(51)58-30-32-17-11-9-12-18-32/h9-24,31,33,35,37-38H,25-30H2,1-8H3,(H,48,55)(H,49,54)/b24-22+/t33-,35+,37-,38-/m0/s1. The summed E-state index contributed by atoms with van der Waals surface area (Å²) < 4.78 is 42.6. The highest BCUT2D eigenvalue weighted by Gasteiger charge is 2.35. The van der Waals surface area contributed by atoms with E-state index in [1.807, 2.05) is 6.07 Å². The van der Waals surface area contributed by atoms with Crippen LogP contribution in [0.3, 0.4) is 0 Å². The zero-order valence-electron chi connectivity index (χ0n) is 36.2. The van der Waals surface area contributed by atoms with Crippen molar-refractivity contribution >= 4 is 45.3 Å². The van der Waals surface area contributed by atoms with Crippen molar-refractivity contribution in [2.45, 2.75) is 122 Å². The van der Waals surface area contributed by atoms with Gasteiger partial charge in [0.25, 0.3) is 0 Å². The van der Waals surface area contributed by atoms with E-state index in [2.05, 4.69) is 15.6 Å². The number of ether oxygens (including phenoxy) is 3. The van der Waals surface area contributed by atoms with Crippen molar-refractivity contribution in [3.63, 3.8) is 0 Å². The van der Waals surface area contributed by atoms with Gasteiger partial charge in [0.1, 0.15) is 17.8 Å². The van der Waals surface area contributed by atoms with Crippen LogP contribution >= 0.6 is 0 Å². The molecule has 0 saturated carbocycles. The smallest absolute Gasteiger partial charge is 0.308 e. The van der Waals surface area contributed by atoms with Crippen LogP contribution < -0.4 is 10.6 Å². The summed E-state index contributed by atoms with van der Waals surface area (Å²) in [7, 11) is -3.96. The molecule has 61 heavy (non-hydrogen) atoms.